The fourth-order valence-electron chi connectivity index (χ4n) is 1.97. The van der Waals surface area contributed by atoms with Crippen LogP contribution in [-0.2, 0) is 9.59 Å². The average Bonchev–Trinajstić information content (AvgIpc) is 2.34. The van der Waals surface area contributed by atoms with E-state index in [4.69, 9.17) is 5.73 Å². The Morgan fingerprint density at radius 2 is 2.00 bits per heavy atom. The molecule has 2 rings (SSSR count). The van der Waals surface area contributed by atoms with Gasteiger partial charge in [-0.05, 0) is 17.5 Å². The lowest BCUT2D eigenvalue weighted by atomic mass is 9.86. The van der Waals surface area contributed by atoms with Gasteiger partial charge < -0.3 is 11.1 Å². The minimum Gasteiger partial charge on any atom is -0.323 e. The lowest BCUT2D eigenvalue weighted by Gasteiger charge is -2.34. The van der Waals surface area contributed by atoms with Gasteiger partial charge in [-0.1, -0.05) is 32.9 Å². The van der Waals surface area contributed by atoms with Gasteiger partial charge in [-0.2, -0.15) is 0 Å². The summed E-state index contributed by atoms with van der Waals surface area (Å²) >= 11 is 0. The van der Waals surface area contributed by atoms with E-state index in [0.29, 0.717) is 11.4 Å². The number of benzene rings is 1. The Bertz CT molecular complexity index is 520. The highest BCUT2D eigenvalue weighted by Gasteiger charge is 2.35. The topological polar surface area (TPSA) is 75.4 Å². The van der Waals surface area contributed by atoms with Crippen molar-refractivity contribution in [1.29, 1.82) is 0 Å². The number of fused-ring (bicyclic) bond motifs is 1. The summed E-state index contributed by atoms with van der Waals surface area (Å²) in [5.74, 6) is -0.428. The molecule has 1 aromatic rings. The lowest BCUT2D eigenvalue weighted by molar-refractivity contribution is -0.124. The molecule has 0 fully saturated rings. The van der Waals surface area contributed by atoms with Crippen LogP contribution in [0.2, 0.25) is 0 Å². The maximum Gasteiger partial charge on any atom is 0.244 e. The molecule has 0 aromatic heterocycles. The van der Waals surface area contributed by atoms with Gasteiger partial charge in [0.15, 0.2) is 0 Å². The maximum atomic E-state index is 12.5. The van der Waals surface area contributed by atoms with Crippen LogP contribution < -0.4 is 16.0 Å². The van der Waals surface area contributed by atoms with E-state index in [0.717, 1.165) is 0 Å². The number of carbonyl (C=O) groups is 2. The molecule has 0 radical (unpaired) electrons. The van der Waals surface area contributed by atoms with Crippen LogP contribution in [0.25, 0.3) is 0 Å². The maximum absolute atomic E-state index is 12.5. The van der Waals surface area contributed by atoms with Gasteiger partial charge in [0, 0.05) is 0 Å². The van der Waals surface area contributed by atoms with Crippen LogP contribution in [0.4, 0.5) is 11.4 Å². The second-order valence-electron chi connectivity index (χ2n) is 5.83. The van der Waals surface area contributed by atoms with Crippen LogP contribution in [-0.4, -0.2) is 24.4 Å². The summed E-state index contributed by atoms with van der Waals surface area (Å²) in [6, 6.07) is 6.58. The standard InChI is InChI=1S/C14H19N3O2/c1-14(2,3)12(15)13(19)17-8-11(18)16-9-6-4-5-7-10(9)17/h4-7,12H,8,15H2,1-3H3,(H,16,18). The van der Waals surface area contributed by atoms with Crippen LogP contribution >= 0.6 is 0 Å². The van der Waals surface area contributed by atoms with E-state index >= 15 is 0 Å². The van der Waals surface area contributed by atoms with E-state index in [1.807, 2.05) is 39.0 Å². The molecule has 0 saturated carbocycles. The molecule has 5 heteroatoms. The minimum absolute atomic E-state index is 0.0135. The van der Waals surface area contributed by atoms with Gasteiger partial charge in [0.05, 0.1) is 17.4 Å². The van der Waals surface area contributed by atoms with Crippen LogP contribution in [0, 0.1) is 5.41 Å². The monoisotopic (exact) mass is 261 g/mol. The summed E-state index contributed by atoms with van der Waals surface area (Å²) in [5.41, 5.74) is 7.00. The Morgan fingerprint density at radius 1 is 1.37 bits per heavy atom. The van der Waals surface area contributed by atoms with E-state index in [1.54, 1.807) is 6.07 Å². The Kier molecular flexibility index (Phi) is 3.32. The van der Waals surface area contributed by atoms with Gasteiger partial charge in [0.25, 0.3) is 0 Å². The van der Waals surface area contributed by atoms with Crippen molar-refractivity contribution in [3.05, 3.63) is 24.3 Å². The van der Waals surface area contributed by atoms with Crippen LogP contribution in [0.1, 0.15) is 20.8 Å². The molecule has 0 spiro atoms. The minimum atomic E-state index is -0.647. The third-order valence-corrected chi connectivity index (χ3v) is 3.24. The number of anilines is 2. The molecule has 1 aliphatic rings. The zero-order valence-corrected chi connectivity index (χ0v) is 11.4. The molecular formula is C14H19N3O2. The Labute approximate surface area is 112 Å². The molecule has 1 aliphatic heterocycles. The predicted molar refractivity (Wildman–Crippen MR) is 74.9 cm³/mol. The van der Waals surface area contributed by atoms with Crippen LogP contribution in [0.5, 0.6) is 0 Å². The van der Waals surface area contributed by atoms with Crippen LogP contribution in [0.3, 0.4) is 0 Å². The number of carbonyl (C=O) groups excluding carboxylic acids is 2. The van der Waals surface area contributed by atoms with Crippen molar-refractivity contribution in [2.75, 3.05) is 16.8 Å². The first-order valence-corrected chi connectivity index (χ1v) is 6.26. The highest BCUT2D eigenvalue weighted by atomic mass is 16.2. The van der Waals surface area contributed by atoms with Crippen molar-refractivity contribution in [1.82, 2.24) is 0 Å². The molecule has 0 saturated heterocycles. The van der Waals surface area contributed by atoms with E-state index in [9.17, 15) is 9.59 Å². The summed E-state index contributed by atoms with van der Waals surface area (Å²) in [6.45, 7) is 5.74. The largest absolute Gasteiger partial charge is 0.323 e. The van der Waals surface area contributed by atoms with Gasteiger partial charge in [-0.15, -0.1) is 0 Å². The molecule has 3 N–H and O–H groups in total. The van der Waals surface area contributed by atoms with Gasteiger partial charge >= 0.3 is 0 Å². The van der Waals surface area contributed by atoms with Gasteiger partial charge in [0.2, 0.25) is 11.8 Å². The zero-order valence-electron chi connectivity index (χ0n) is 11.4. The number of para-hydroxylation sites is 2. The first-order chi connectivity index (χ1) is 8.80. The quantitative estimate of drug-likeness (QED) is 0.801. The number of hydrogen-bond donors (Lipinski definition) is 2. The molecule has 2 amide bonds. The molecule has 1 unspecified atom stereocenters. The molecule has 1 atom stereocenters. The second-order valence-corrected chi connectivity index (χ2v) is 5.83. The number of rotatable bonds is 1. The summed E-state index contributed by atoms with van der Waals surface area (Å²) in [5, 5.41) is 2.75. The summed E-state index contributed by atoms with van der Waals surface area (Å²) in [4.78, 5) is 25.6. The number of nitrogens with one attached hydrogen (secondary N) is 1. The molecule has 1 heterocycles. The van der Waals surface area contributed by atoms with Crippen molar-refractivity contribution >= 4 is 23.2 Å². The third-order valence-electron chi connectivity index (χ3n) is 3.24. The Hall–Kier alpha value is -1.88. The third kappa shape index (κ3) is 2.61. The Balaban J connectivity index is 2.36. The highest BCUT2D eigenvalue weighted by molar-refractivity contribution is 6.11. The molecule has 0 bridgehead atoms. The lowest BCUT2D eigenvalue weighted by Crippen LogP contribution is -2.53. The predicted octanol–water partition coefficient (Wildman–Crippen LogP) is 1.35. The van der Waals surface area contributed by atoms with Gasteiger partial charge in [-0.3, -0.25) is 14.5 Å². The molecule has 0 aliphatic carbocycles. The van der Waals surface area contributed by atoms with Crippen molar-refractivity contribution in [3.8, 4) is 0 Å². The molecule has 19 heavy (non-hydrogen) atoms. The number of nitrogens with two attached hydrogens (primary N) is 1. The zero-order chi connectivity index (χ0) is 14.2. The summed E-state index contributed by atoms with van der Waals surface area (Å²) in [6.07, 6.45) is 0. The smallest absolute Gasteiger partial charge is 0.244 e. The fourth-order valence-corrected chi connectivity index (χ4v) is 1.97. The fraction of sp³-hybridized carbons (Fsp3) is 0.429. The van der Waals surface area contributed by atoms with E-state index in [-0.39, 0.29) is 23.8 Å². The van der Waals surface area contributed by atoms with Crippen molar-refractivity contribution in [2.45, 2.75) is 26.8 Å². The number of nitrogens with zero attached hydrogens (tertiary/aromatic N) is 1. The SMILES string of the molecule is CC(C)(C)C(N)C(=O)N1CC(=O)Nc2ccccc21. The van der Waals surface area contributed by atoms with Crippen molar-refractivity contribution < 1.29 is 9.59 Å². The second kappa shape index (κ2) is 4.66. The summed E-state index contributed by atoms with van der Waals surface area (Å²) in [7, 11) is 0. The van der Waals surface area contributed by atoms with E-state index in [1.165, 1.54) is 4.90 Å². The van der Waals surface area contributed by atoms with Gasteiger partial charge in [-0.25, -0.2) is 0 Å². The van der Waals surface area contributed by atoms with Gasteiger partial charge in [0.1, 0.15) is 6.54 Å². The molecule has 102 valence electrons. The number of amides is 2. The highest BCUT2D eigenvalue weighted by Crippen LogP contribution is 2.30. The Morgan fingerprint density at radius 3 is 2.63 bits per heavy atom. The van der Waals surface area contributed by atoms with Crippen LogP contribution in [0.15, 0.2) is 24.3 Å². The van der Waals surface area contributed by atoms with E-state index < -0.39 is 6.04 Å². The van der Waals surface area contributed by atoms with Crippen molar-refractivity contribution in [2.24, 2.45) is 11.1 Å². The first-order valence-electron chi connectivity index (χ1n) is 6.26. The molecular weight excluding hydrogens is 242 g/mol. The normalized spacial score (nSPS) is 16.6. The molecule has 1 aromatic carbocycles. The van der Waals surface area contributed by atoms with Crippen molar-refractivity contribution in [3.63, 3.8) is 0 Å². The van der Waals surface area contributed by atoms with E-state index in [2.05, 4.69) is 5.32 Å². The first kappa shape index (κ1) is 13.5. The molecule has 5 nitrogen and oxygen atoms in total. The summed E-state index contributed by atoms with van der Waals surface area (Å²) < 4.78 is 0. The number of hydrogen-bond acceptors (Lipinski definition) is 3. The average molecular weight is 261 g/mol.